The quantitative estimate of drug-likeness (QED) is 0.517. The highest BCUT2D eigenvalue weighted by Crippen LogP contribution is 2.36. The minimum Gasteiger partial charge on any atom is -0.356 e. The molecule has 1 atom stereocenters. The van der Waals surface area contributed by atoms with Gasteiger partial charge >= 0.3 is 0 Å². The molecule has 0 bridgehead atoms. The lowest BCUT2D eigenvalue weighted by molar-refractivity contribution is -0.128. The zero-order valence-corrected chi connectivity index (χ0v) is 12.6. The Balaban J connectivity index is 2.04. The molecule has 1 aromatic heterocycles. The highest BCUT2D eigenvalue weighted by Gasteiger charge is 2.31. The molecule has 0 radical (unpaired) electrons. The van der Waals surface area contributed by atoms with Gasteiger partial charge in [-0.15, -0.1) is 6.58 Å². The summed E-state index contributed by atoms with van der Waals surface area (Å²) < 4.78 is 0. The lowest BCUT2D eigenvalue weighted by Gasteiger charge is -2.34. The SMILES string of the molecule is C=C/C=C/C(=O)N1CCc2c([nH]c3ccccc23)[C@H]1CC=C. The van der Waals surface area contributed by atoms with E-state index >= 15 is 0 Å². The second-order valence-corrected chi connectivity index (χ2v) is 5.48. The van der Waals surface area contributed by atoms with Crippen LogP contribution >= 0.6 is 0 Å². The average Bonchev–Trinajstić information content (AvgIpc) is 2.92. The number of H-pyrrole nitrogens is 1. The highest BCUT2D eigenvalue weighted by molar-refractivity contribution is 5.90. The Labute approximate surface area is 130 Å². The van der Waals surface area contributed by atoms with Crippen LogP contribution in [0.15, 0.2) is 61.7 Å². The number of carbonyl (C=O) groups excluding carboxylic acids is 1. The van der Waals surface area contributed by atoms with Gasteiger partial charge in [-0.1, -0.05) is 43.0 Å². The van der Waals surface area contributed by atoms with E-state index in [9.17, 15) is 4.79 Å². The third kappa shape index (κ3) is 2.39. The molecular formula is C19H20N2O. The van der Waals surface area contributed by atoms with E-state index in [0.717, 1.165) is 30.6 Å². The Kier molecular flexibility index (Phi) is 3.96. The van der Waals surface area contributed by atoms with Crippen LogP contribution in [0, 0.1) is 0 Å². The van der Waals surface area contributed by atoms with Gasteiger partial charge in [0.15, 0.2) is 0 Å². The summed E-state index contributed by atoms with van der Waals surface area (Å²) in [5.74, 6) is 0.0241. The van der Waals surface area contributed by atoms with Gasteiger partial charge in [0.25, 0.3) is 0 Å². The molecule has 112 valence electrons. The van der Waals surface area contributed by atoms with Crippen molar-refractivity contribution >= 4 is 16.8 Å². The molecule has 3 heteroatoms. The molecule has 1 aliphatic heterocycles. The molecule has 2 aromatic rings. The first kappa shape index (κ1) is 14.4. The molecule has 0 spiro atoms. The maximum absolute atomic E-state index is 12.4. The maximum Gasteiger partial charge on any atom is 0.247 e. The smallest absolute Gasteiger partial charge is 0.247 e. The van der Waals surface area contributed by atoms with E-state index in [-0.39, 0.29) is 11.9 Å². The molecule has 1 aromatic carbocycles. The summed E-state index contributed by atoms with van der Waals surface area (Å²) in [6.07, 6.45) is 8.39. The van der Waals surface area contributed by atoms with Gasteiger partial charge in [-0.2, -0.15) is 0 Å². The first-order valence-corrected chi connectivity index (χ1v) is 7.56. The number of carbonyl (C=O) groups is 1. The minimum atomic E-state index is 0.0237. The van der Waals surface area contributed by atoms with E-state index in [4.69, 9.17) is 0 Å². The monoisotopic (exact) mass is 292 g/mol. The average molecular weight is 292 g/mol. The number of aromatic nitrogens is 1. The standard InChI is InChI=1S/C19H20N2O/c1-3-5-11-18(22)21-13-12-15-14-9-6-7-10-16(14)20-19(15)17(21)8-4-2/h3-7,9-11,17,20H,1-2,8,12-13H2/b11-5+/t17-/m1/s1. The van der Waals surface area contributed by atoms with Crippen molar-refractivity contribution in [2.45, 2.75) is 18.9 Å². The number of hydrogen-bond donors (Lipinski definition) is 1. The number of aromatic amines is 1. The Hall–Kier alpha value is -2.55. The van der Waals surface area contributed by atoms with Crippen LogP contribution in [0.5, 0.6) is 0 Å². The first-order chi connectivity index (χ1) is 10.8. The summed E-state index contributed by atoms with van der Waals surface area (Å²) in [4.78, 5) is 17.8. The van der Waals surface area contributed by atoms with Crippen molar-refractivity contribution in [1.82, 2.24) is 9.88 Å². The third-order valence-electron chi connectivity index (χ3n) is 4.21. The van der Waals surface area contributed by atoms with Gasteiger partial charge in [-0.25, -0.2) is 0 Å². The van der Waals surface area contributed by atoms with Crippen molar-refractivity contribution in [3.63, 3.8) is 0 Å². The molecule has 1 amide bonds. The van der Waals surface area contributed by atoms with Crippen LogP contribution < -0.4 is 0 Å². The molecule has 3 nitrogen and oxygen atoms in total. The number of amides is 1. The van der Waals surface area contributed by atoms with Gasteiger partial charge in [0.2, 0.25) is 5.91 Å². The molecule has 0 aliphatic carbocycles. The van der Waals surface area contributed by atoms with Crippen molar-refractivity contribution in [3.8, 4) is 0 Å². The predicted molar refractivity (Wildman–Crippen MR) is 90.6 cm³/mol. The van der Waals surface area contributed by atoms with E-state index < -0.39 is 0 Å². The fraction of sp³-hybridized carbons (Fsp3) is 0.211. The second-order valence-electron chi connectivity index (χ2n) is 5.48. The number of fused-ring (bicyclic) bond motifs is 3. The fourth-order valence-corrected chi connectivity index (χ4v) is 3.23. The molecule has 0 saturated carbocycles. The molecule has 2 heterocycles. The zero-order valence-electron chi connectivity index (χ0n) is 12.6. The van der Waals surface area contributed by atoms with Crippen LogP contribution in [0.1, 0.15) is 23.7 Å². The summed E-state index contributed by atoms with van der Waals surface area (Å²) >= 11 is 0. The van der Waals surface area contributed by atoms with Crippen LogP contribution in [0.2, 0.25) is 0 Å². The number of rotatable bonds is 4. The molecule has 3 rings (SSSR count). The van der Waals surface area contributed by atoms with Crippen LogP contribution in [0.25, 0.3) is 10.9 Å². The number of nitrogens with one attached hydrogen (secondary N) is 1. The minimum absolute atomic E-state index is 0.0237. The predicted octanol–water partition coefficient (Wildman–Crippen LogP) is 3.91. The van der Waals surface area contributed by atoms with E-state index in [2.05, 4.69) is 36.3 Å². The van der Waals surface area contributed by atoms with Gasteiger partial charge in [-0.05, 0) is 24.5 Å². The molecular weight excluding hydrogens is 272 g/mol. The van der Waals surface area contributed by atoms with Gasteiger partial charge in [-0.3, -0.25) is 4.79 Å². The molecule has 0 unspecified atom stereocenters. The van der Waals surface area contributed by atoms with Crippen molar-refractivity contribution in [1.29, 1.82) is 0 Å². The summed E-state index contributed by atoms with van der Waals surface area (Å²) in [6, 6.07) is 8.34. The second kappa shape index (κ2) is 6.06. The van der Waals surface area contributed by atoms with Crippen molar-refractivity contribution < 1.29 is 4.79 Å². The number of para-hydroxylation sites is 1. The van der Waals surface area contributed by atoms with Crippen LogP contribution in [-0.4, -0.2) is 22.3 Å². The summed E-state index contributed by atoms with van der Waals surface area (Å²) in [7, 11) is 0. The first-order valence-electron chi connectivity index (χ1n) is 7.56. The Morgan fingerprint density at radius 3 is 2.95 bits per heavy atom. The van der Waals surface area contributed by atoms with Crippen molar-refractivity contribution in [2.24, 2.45) is 0 Å². The summed E-state index contributed by atoms with van der Waals surface area (Å²) in [5.41, 5.74) is 3.62. The van der Waals surface area contributed by atoms with Crippen LogP contribution in [0.3, 0.4) is 0 Å². The normalized spacial score (nSPS) is 17.6. The van der Waals surface area contributed by atoms with Gasteiger partial charge in [0.1, 0.15) is 0 Å². The Bertz CT molecular complexity index is 754. The van der Waals surface area contributed by atoms with E-state index in [1.54, 1.807) is 18.2 Å². The van der Waals surface area contributed by atoms with E-state index in [1.807, 2.05) is 17.0 Å². The molecule has 0 saturated heterocycles. The summed E-state index contributed by atoms with van der Waals surface area (Å²) in [6.45, 7) is 8.20. The Morgan fingerprint density at radius 1 is 1.36 bits per heavy atom. The molecule has 0 fully saturated rings. The lowest BCUT2D eigenvalue weighted by Crippen LogP contribution is -2.39. The molecule has 1 aliphatic rings. The number of nitrogens with zero attached hydrogens (tertiary/aromatic N) is 1. The molecule has 22 heavy (non-hydrogen) atoms. The van der Waals surface area contributed by atoms with Gasteiger partial charge < -0.3 is 9.88 Å². The van der Waals surface area contributed by atoms with Gasteiger partial charge in [0.05, 0.1) is 6.04 Å². The van der Waals surface area contributed by atoms with E-state index in [1.165, 1.54) is 10.9 Å². The zero-order chi connectivity index (χ0) is 15.5. The van der Waals surface area contributed by atoms with Crippen molar-refractivity contribution in [3.05, 3.63) is 73.0 Å². The number of allylic oxidation sites excluding steroid dienone is 2. The van der Waals surface area contributed by atoms with E-state index in [0.29, 0.717) is 0 Å². The fourth-order valence-electron chi connectivity index (χ4n) is 3.23. The summed E-state index contributed by atoms with van der Waals surface area (Å²) in [5, 5.41) is 1.26. The van der Waals surface area contributed by atoms with Crippen molar-refractivity contribution in [2.75, 3.05) is 6.54 Å². The van der Waals surface area contributed by atoms with Crippen LogP contribution in [0.4, 0.5) is 0 Å². The largest absolute Gasteiger partial charge is 0.356 e. The number of hydrogen-bond acceptors (Lipinski definition) is 1. The third-order valence-corrected chi connectivity index (χ3v) is 4.21. The topological polar surface area (TPSA) is 36.1 Å². The number of benzene rings is 1. The van der Waals surface area contributed by atoms with Crippen LogP contribution in [-0.2, 0) is 11.2 Å². The van der Waals surface area contributed by atoms with Gasteiger partial charge in [0, 0.05) is 29.2 Å². The maximum atomic E-state index is 12.4. The highest BCUT2D eigenvalue weighted by atomic mass is 16.2. The Morgan fingerprint density at radius 2 is 2.18 bits per heavy atom. The molecule has 1 N–H and O–H groups in total. The lowest BCUT2D eigenvalue weighted by atomic mass is 9.95.